The molecule has 0 aromatic carbocycles. The van der Waals surface area contributed by atoms with Crippen LogP contribution in [0.1, 0.15) is 13.3 Å². The summed E-state index contributed by atoms with van der Waals surface area (Å²) in [4.78, 5) is 10.0. The van der Waals surface area contributed by atoms with Crippen LogP contribution in [0.2, 0.25) is 0 Å². The Bertz CT molecular complexity index is 72.8. The maximum atomic E-state index is 10.0. The third-order valence-electron chi connectivity index (χ3n) is 0.726. The Morgan fingerprint density at radius 2 is 2.38 bits per heavy atom. The average Bonchev–Trinajstić information content (AvgIpc) is 1.66. The van der Waals surface area contributed by atoms with Crippen LogP contribution in [-0.2, 0) is 4.79 Å². The van der Waals surface area contributed by atoms with Crippen molar-refractivity contribution >= 4 is 5.91 Å². The highest BCUT2D eigenvalue weighted by molar-refractivity contribution is 5.75. The number of carbonyl (C=O) groups excluding carboxylic acids is 1. The van der Waals surface area contributed by atoms with Gasteiger partial charge in [0.25, 0.3) is 0 Å². The molecule has 3 N–H and O–H groups in total. The van der Waals surface area contributed by atoms with Crippen LogP contribution in [-0.4, -0.2) is 19.0 Å². The lowest BCUT2D eigenvalue weighted by atomic mass is 10.5. The third-order valence-corrected chi connectivity index (χ3v) is 0.726. The summed E-state index contributed by atoms with van der Waals surface area (Å²) >= 11 is 0. The zero-order valence-electron chi connectivity index (χ0n) is 5.11. The first-order valence-corrected chi connectivity index (χ1v) is 2.76. The van der Waals surface area contributed by atoms with Crippen LogP contribution in [0.25, 0.3) is 0 Å². The van der Waals surface area contributed by atoms with Gasteiger partial charge >= 0.3 is 0 Å². The van der Waals surface area contributed by atoms with E-state index >= 15 is 0 Å². The Labute approximate surface area is 49.3 Å². The summed E-state index contributed by atoms with van der Waals surface area (Å²) in [5.74, 6) is -0.293. The summed E-state index contributed by atoms with van der Waals surface area (Å²) in [6.07, 6.45) is 1.03. The average molecular weight is 116 g/mol. The molecular formula is C5H12N2O. The van der Waals surface area contributed by atoms with Gasteiger partial charge in [-0.25, -0.2) is 0 Å². The molecule has 0 saturated carbocycles. The summed E-state index contributed by atoms with van der Waals surface area (Å²) in [6, 6.07) is 0. The standard InChI is InChI=1S/C5H12N2O/c1-2-3-7-4-5(6)8/h7H,2-4H2,1H3,(H2,6,8). The zero-order chi connectivity index (χ0) is 6.41. The number of carbonyl (C=O) groups is 1. The topological polar surface area (TPSA) is 55.1 Å². The Balaban J connectivity index is 2.82. The normalized spacial score (nSPS) is 9.12. The van der Waals surface area contributed by atoms with Gasteiger partial charge in [-0.05, 0) is 13.0 Å². The Morgan fingerprint density at radius 1 is 1.75 bits per heavy atom. The highest BCUT2D eigenvalue weighted by Crippen LogP contribution is 1.66. The van der Waals surface area contributed by atoms with Gasteiger partial charge in [-0.3, -0.25) is 4.79 Å². The molecule has 0 radical (unpaired) electrons. The number of nitrogens with two attached hydrogens (primary N) is 1. The highest BCUT2D eigenvalue weighted by atomic mass is 16.1. The van der Waals surface area contributed by atoms with Gasteiger partial charge in [0.2, 0.25) is 5.91 Å². The molecule has 0 fully saturated rings. The van der Waals surface area contributed by atoms with Crippen molar-refractivity contribution in [3.05, 3.63) is 0 Å². The molecule has 0 atom stereocenters. The van der Waals surface area contributed by atoms with Gasteiger partial charge < -0.3 is 11.1 Å². The molecule has 0 unspecified atom stereocenters. The number of rotatable bonds is 4. The van der Waals surface area contributed by atoms with Crippen molar-refractivity contribution in [1.29, 1.82) is 0 Å². The van der Waals surface area contributed by atoms with Crippen LogP contribution in [0.5, 0.6) is 0 Å². The summed E-state index contributed by atoms with van der Waals surface area (Å²) in [6.45, 7) is 3.20. The van der Waals surface area contributed by atoms with Crippen LogP contribution >= 0.6 is 0 Å². The number of nitrogens with one attached hydrogen (secondary N) is 1. The number of hydrogen-bond acceptors (Lipinski definition) is 2. The molecule has 0 spiro atoms. The molecule has 3 nitrogen and oxygen atoms in total. The molecule has 3 heteroatoms. The largest absolute Gasteiger partial charge is 0.369 e. The molecule has 0 aromatic rings. The molecule has 0 aliphatic rings. The van der Waals surface area contributed by atoms with E-state index in [0.717, 1.165) is 13.0 Å². The molecule has 0 aliphatic heterocycles. The van der Waals surface area contributed by atoms with E-state index in [9.17, 15) is 4.79 Å². The summed E-state index contributed by atoms with van der Waals surface area (Å²) in [7, 11) is 0. The number of primary amides is 1. The second-order valence-corrected chi connectivity index (χ2v) is 1.64. The SMILES string of the molecule is CCCNCC(N)=O. The molecule has 1 amide bonds. The van der Waals surface area contributed by atoms with Gasteiger partial charge in [-0.2, -0.15) is 0 Å². The lowest BCUT2D eigenvalue weighted by Gasteiger charge is -1.95. The zero-order valence-corrected chi connectivity index (χ0v) is 5.11. The van der Waals surface area contributed by atoms with E-state index in [4.69, 9.17) is 5.73 Å². The summed E-state index contributed by atoms with van der Waals surface area (Å²) in [5.41, 5.74) is 4.83. The molecule has 48 valence electrons. The van der Waals surface area contributed by atoms with Gasteiger partial charge in [0.05, 0.1) is 6.54 Å². The summed E-state index contributed by atoms with van der Waals surface area (Å²) < 4.78 is 0. The van der Waals surface area contributed by atoms with Crippen molar-refractivity contribution in [2.24, 2.45) is 5.73 Å². The van der Waals surface area contributed by atoms with Crippen molar-refractivity contribution in [3.8, 4) is 0 Å². The van der Waals surface area contributed by atoms with Crippen molar-refractivity contribution in [1.82, 2.24) is 5.32 Å². The van der Waals surface area contributed by atoms with Gasteiger partial charge in [0.1, 0.15) is 0 Å². The van der Waals surface area contributed by atoms with Crippen LogP contribution in [0.3, 0.4) is 0 Å². The van der Waals surface area contributed by atoms with Gasteiger partial charge in [0, 0.05) is 0 Å². The minimum Gasteiger partial charge on any atom is -0.369 e. The minimum absolute atomic E-state index is 0.293. The monoisotopic (exact) mass is 116 g/mol. The number of amides is 1. The number of hydrogen-bond donors (Lipinski definition) is 2. The van der Waals surface area contributed by atoms with E-state index in [1.165, 1.54) is 0 Å². The van der Waals surface area contributed by atoms with E-state index in [-0.39, 0.29) is 5.91 Å². The van der Waals surface area contributed by atoms with Gasteiger partial charge in [-0.15, -0.1) is 0 Å². The van der Waals surface area contributed by atoms with E-state index in [2.05, 4.69) is 5.32 Å². The second-order valence-electron chi connectivity index (χ2n) is 1.64. The predicted octanol–water partition coefficient (Wildman–Crippen LogP) is -0.529. The second kappa shape index (κ2) is 4.59. The Kier molecular flexibility index (Phi) is 4.26. The molecule has 0 aromatic heterocycles. The molecule has 0 saturated heterocycles. The Morgan fingerprint density at radius 3 is 2.75 bits per heavy atom. The first-order chi connectivity index (χ1) is 3.77. The van der Waals surface area contributed by atoms with E-state index < -0.39 is 0 Å². The quantitative estimate of drug-likeness (QED) is 0.485. The molecule has 8 heavy (non-hydrogen) atoms. The van der Waals surface area contributed by atoms with Crippen molar-refractivity contribution < 1.29 is 4.79 Å². The van der Waals surface area contributed by atoms with Crippen molar-refractivity contribution in [2.75, 3.05) is 13.1 Å². The first-order valence-electron chi connectivity index (χ1n) is 2.76. The smallest absolute Gasteiger partial charge is 0.231 e. The van der Waals surface area contributed by atoms with E-state index in [1.54, 1.807) is 0 Å². The van der Waals surface area contributed by atoms with Crippen molar-refractivity contribution in [2.45, 2.75) is 13.3 Å². The van der Waals surface area contributed by atoms with Gasteiger partial charge in [-0.1, -0.05) is 6.92 Å². The van der Waals surface area contributed by atoms with Gasteiger partial charge in [0.15, 0.2) is 0 Å². The molecular weight excluding hydrogens is 104 g/mol. The molecule has 0 heterocycles. The van der Waals surface area contributed by atoms with Crippen LogP contribution < -0.4 is 11.1 Å². The van der Waals surface area contributed by atoms with E-state index in [0.29, 0.717) is 6.54 Å². The predicted molar refractivity (Wildman–Crippen MR) is 32.4 cm³/mol. The van der Waals surface area contributed by atoms with Crippen LogP contribution in [0, 0.1) is 0 Å². The lowest BCUT2D eigenvalue weighted by molar-refractivity contribution is -0.117. The lowest BCUT2D eigenvalue weighted by Crippen LogP contribution is -2.28. The fraction of sp³-hybridized carbons (Fsp3) is 0.800. The molecule has 0 aliphatic carbocycles. The maximum Gasteiger partial charge on any atom is 0.231 e. The fourth-order valence-corrected chi connectivity index (χ4v) is 0.388. The molecule has 0 bridgehead atoms. The maximum absolute atomic E-state index is 10.0. The van der Waals surface area contributed by atoms with Crippen molar-refractivity contribution in [3.63, 3.8) is 0 Å². The minimum atomic E-state index is -0.293. The third kappa shape index (κ3) is 5.43. The van der Waals surface area contributed by atoms with Crippen LogP contribution in [0.15, 0.2) is 0 Å². The molecule has 0 rings (SSSR count). The summed E-state index contributed by atoms with van der Waals surface area (Å²) in [5, 5.41) is 2.86. The fourth-order valence-electron chi connectivity index (χ4n) is 0.388. The highest BCUT2D eigenvalue weighted by Gasteiger charge is 1.88. The Hall–Kier alpha value is -0.570. The van der Waals surface area contributed by atoms with E-state index in [1.807, 2.05) is 6.92 Å². The first kappa shape index (κ1) is 7.43. The van der Waals surface area contributed by atoms with Crippen LogP contribution in [0.4, 0.5) is 0 Å².